The van der Waals surface area contributed by atoms with E-state index in [1.165, 1.54) is 5.69 Å². The molecule has 0 amide bonds. The maximum atomic E-state index is 6.37. The zero-order valence-corrected chi connectivity index (χ0v) is 21.0. The molecule has 1 aliphatic rings. The third-order valence-electron chi connectivity index (χ3n) is 6.49. The molecule has 0 atom stereocenters. The summed E-state index contributed by atoms with van der Waals surface area (Å²) >= 11 is 12.5. The molecule has 1 aliphatic heterocycles. The maximum absolute atomic E-state index is 6.37. The normalized spacial score (nSPS) is 14.1. The molecule has 36 heavy (non-hydrogen) atoms. The summed E-state index contributed by atoms with van der Waals surface area (Å²) in [6.07, 6.45) is 3.59. The van der Waals surface area contributed by atoms with E-state index in [0.29, 0.717) is 18.1 Å². The highest BCUT2D eigenvalue weighted by Crippen LogP contribution is 2.27. The molecule has 5 aromatic rings. The van der Waals surface area contributed by atoms with Crippen molar-refractivity contribution in [3.05, 3.63) is 77.4 Å². The van der Waals surface area contributed by atoms with Crippen molar-refractivity contribution in [2.24, 2.45) is 0 Å². The number of aromatic nitrogens is 5. The number of nitrogens with one attached hydrogen (secondary N) is 1. The lowest BCUT2D eigenvalue weighted by molar-refractivity contribution is 0.648. The lowest BCUT2D eigenvalue weighted by Crippen LogP contribution is -2.47. The van der Waals surface area contributed by atoms with Gasteiger partial charge >= 0.3 is 0 Å². The van der Waals surface area contributed by atoms with Gasteiger partial charge in [0.15, 0.2) is 17.0 Å². The number of imidazole rings is 1. The number of benzene rings is 2. The lowest BCUT2D eigenvalue weighted by atomic mass is 10.2. The molecule has 4 heterocycles. The standard InChI is InChI=1S/C26H24Cl2N8/c27-18-6-7-20-21(8-9-29-22(20)16-18)30-10-11-36-17-31-23-24(32-26(28)33-25(23)36)35-14-12-34(13-15-35)19-4-2-1-3-5-19/h1-9,16-17H,10-15H2,(H,29,30). The van der Waals surface area contributed by atoms with Gasteiger partial charge in [0.2, 0.25) is 5.28 Å². The van der Waals surface area contributed by atoms with Crippen molar-refractivity contribution in [2.75, 3.05) is 47.8 Å². The van der Waals surface area contributed by atoms with E-state index in [1.807, 2.05) is 41.2 Å². The van der Waals surface area contributed by atoms with Gasteiger partial charge in [-0.25, -0.2) is 4.98 Å². The number of hydrogen-bond acceptors (Lipinski definition) is 7. The first-order valence-corrected chi connectivity index (χ1v) is 12.6. The van der Waals surface area contributed by atoms with E-state index < -0.39 is 0 Å². The Morgan fingerprint density at radius 2 is 1.67 bits per heavy atom. The topological polar surface area (TPSA) is 75.0 Å². The van der Waals surface area contributed by atoms with Crippen LogP contribution in [0.2, 0.25) is 10.3 Å². The maximum Gasteiger partial charge on any atom is 0.226 e. The SMILES string of the molecule is Clc1ccc2c(NCCn3cnc4c(N5CCN(c6ccccc6)CC5)nc(Cl)nc43)ccnc2c1. The van der Waals surface area contributed by atoms with E-state index in [9.17, 15) is 0 Å². The van der Waals surface area contributed by atoms with Crippen molar-refractivity contribution in [3.63, 3.8) is 0 Å². The molecule has 10 heteroatoms. The van der Waals surface area contributed by atoms with Crippen molar-refractivity contribution in [1.82, 2.24) is 24.5 Å². The fourth-order valence-corrected chi connectivity index (χ4v) is 5.02. The van der Waals surface area contributed by atoms with Gasteiger partial charge in [-0.3, -0.25) is 4.98 Å². The van der Waals surface area contributed by atoms with Gasteiger partial charge in [0.05, 0.1) is 11.8 Å². The fraction of sp³-hybridized carbons (Fsp3) is 0.231. The number of pyridine rings is 1. The van der Waals surface area contributed by atoms with Crippen LogP contribution < -0.4 is 15.1 Å². The third-order valence-corrected chi connectivity index (χ3v) is 6.90. The van der Waals surface area contributed by atoms with Crippen LogP contribution in [0.1, 0.15) is 0 Å². The second-order valence-corrected chi connectivity index (χ2v) is 9.46. The van der Waals surface area contributed by atoms with Gasteiger partial charge < -0.3 is 19.7 Å². The minimum Gasteiger partial charge on any atom is -0.383 e. The first-order valence-electron chi connectivity index (χ1n) is 11.9. The summed E-state index contributed by atoms with van der Waals surface area (Å²) in [5, 5.41) is 5.43. The first kappa shape index (κ1) is 22.8. The summed E-state index contributed by atoms with van der Waals surface area (Å²) in [7, 11) is 0. The summed E-state index contributed by atoms with van der Waals surface area (Å²) in [5.74, 6) is 0.793. The minimum atomic E-state index is 0.231. The molecule has 0 aliphatic carbocycles. The monoisotopic (exact) mass is 518 g/mol. The molecule has 8 nitrogen and oxygen atoms in total. The fourth-order valence-electron chi connectivity index (χ4n) is 4.69. The Morgan fingerprint density at radius 3 is 2.50 bits per heavy atom. The van der Waals surface area contributed by atoms with Crippen LogP contribution in [0.25, 0.3) is 22.1 Å². The van der Waals surface area contributed by atoms with E-state index in [2.05, 4.69) is 59.3 Å². The predicted molar refractivity (Wildman–Crippen MR) is 146 cm³/mol. The number of hydrogen-bond donors (Lipinski definition) is 1. The van der Waals surface area contributed by atoms with Gasteiger partial charge in [0.25, 0.3) is 0 Å². The number of halogens is 2. The zero-order chi connectivity index (χ0) is 24.5. The van der Waals surface area contributed by atoms with Crippen molar-refractivity contribution in [2.45, 2.75) is 6.54 Å². The molecule has 1 fully saturated rings. The Hall–Kier alpha value is -3.62. The van der Waals surface area contributed by atoms with E-state index in [-0.39, 0.29) is 5.28 Å². The molecular formula is C26H24Cl2N8. The highest BCUT2D eigenvalue weighted by atomic mass is 35.5. The number of piperazine rings is 1. The highest BCUT2D eigenvalue weighted by molar-refractivity contribution is 6.31. The van der Waals surface area contributed by atoms with Crippen molar-refractivity contribution < 1.29 is 0 Å². The largest absolute Gasteiger partial charge is 0.383 e. The molecular weight excluding hydrogens is 495 g/mol. The summed E-state index contributed by atoms with van der Waals surface area (Å²) < 4.78 is 2.01. The highest BCUT2D eigenvalue weighted by Gasteiger charge is 2.23. The van der Waals surface area contributed by atoms with E-state index in [0.717, 1.165) is 59.8 Å². The van der Waals surface area contributed by atoms with Crippen LogP contribution in [0.4, 0.5) is 17.2 Å². The molecule has 3 aromatic heterocycles. The molecule has 6 rings (SSSR count). The minimum absolute atomic E-state index is 0.231. The molecule has 0 bridgehead atoms. The van der Waals surface area contributed by atoms with Crippen LogP contribution in [0, 0.1) is 0 Å². The predicted octanol–water partition coefficient (Wildman–Crippen LogP) is 5.12. The van der Waals surface area contributed by atoms with Crippen LogP contribution in [0.5, 0.6) is 0 Å². The van der Waals surface area contributed by atoms with Crippen molar-refractivity contribution in [3.8, 4) is 0 Å². The Kier molecular flexibility index (Phi) is 6.21. The Balaban J connectivity index is 1.18. The Morgan fingerprint density at radius 1 is 0.861 bits per heavy atom. The van der Waals surface area contributed by atoms with E-state index in [1.54, 1.807) is 6.20 Å². The second-order valence-electron chi connectivity index (χ2n) is 8.68. The molecule has 2 aromatic carbocycles. The number of fused-ring (bicyclic) bond motifs is 2. The van der Waals surface area contributed by atoms with Gasteiger partial charge in [0.1, 0.15) is 0 Å². The average molecular weight is 519 g/mol. The number of anilines is 3. The number of rotatable bonds is 6. The van der Waals surface area contributed by atoms with Gasteiger partial charge in [-0.1, -0.05) is 29.8 Å². The summed E-state index contributed by atoms with van der Waals surface area (Å²) in [6, 6.07) is 18.2. The van der Waals surface area contributed by atoms with Crippen LogP contribution in [-0.2, 0) is 6.54 Å². The first-order chi connectivity index (χ1) is 17.7. The number of para-hydroxylation sites is 1. The quantitative estimate of drug-likeness (QED) is 0.312. The zero-order valence-electron chi connectivity index (χ0n) is 19.5. The molecule has 182 valence electrons. The van der Waals surface area contributed by atoms with Crippen molar-refractivity contribution in [1.29, 1.82) is 0 Å². The molecule has 1 saturated heterocycles. The Bertz CT molecular complexity index is 1510. The summed E-state index contributed by atoms with van der Waals surface area (Å²) in [4.78, 5) is 22.8. The van der Waals surface area contributed by atoms with Crippen LogP contribution in [0.3, 0.4) is 0 Å². The lowest BCUT2D eigenvalue weighted by Gasteiger charge is -2.36. The van der Waals surface area contributed by atoms with Crippen molar-refractivity contribution >= 4 is 62.5 Å². The third kappa shape index (κ3) is 4.50. The smallest absolute Gasteiger partial charge is 0.226 e. The van der Waals surface area contributed by atoms with Crippen LogP contribution in [-0.4, -0.2) is 57.2 Å². The van der Waals surface area contributed by atoms with Gasteiger partial charge in [-0.2, -0.15) is 9.97 Å². The molecule has 0 saturated carbocycles. The van der Waals surface area contributed by atoms with Crippen LogP contribution in [0.15, 0.2) is 67.1 Å². The van der Waals surface area contributed by atoms with E-state index >= 15 is 0 Å². The average Bonchev–Trinajstić information content (AvgIpc) is 3.31. The second kappa shape index (κ2) is 9.79. The van der Waals surface area contributed by atoms with Crippen LogP contribution >= 0.6 is 23.2 Å². The van der Waals surface area contributed by atoms with Gasteiger partial charge in [-0.15, -0.1) is 0 Å². The molecule has 0 spiro atoms. The summed E-state index contributed by atoms with van der Waals surface area (Å²) in [6.45, 7) is 4.84. The number of nitrogens with zero attached hydrogens (tertiary/aromatic N) is 7. The molecule has 1 N–H and O–H groups in total. The Labute approximate surface area is 218 Å². The van der Waals surface area contributed by atoms with E-state index in [4.69, 9.17) is 23.2 Å². The van der Waals surface area contributed by atoms with Gasteiger partial charge in [0, 0.05) is 67.2 Å². The molecule has 0 unspecified atom stereocenters. The van der Waals surface area contributed by atoms with Gasteiger partial charge in [-0.05, 0) is 48.0 Å². The summed E-state index contributed by atoms with van der Waals surface area (Å²) in [5.41, 5.74) is 4.62. The molecule has 0 radical (unpaired) electrons.